The van der Waals surface area contributed by atoms with Gasteiger partial charge in [-0.1, -0.05) is 0 Å². The van der Waals surface area contributed by atoms with E-state index in [1.54, 1.807) is 23.5 Å². The van der Waals surface area contributed by atoms with Crippen molar-refractivity contribution in [1.82, 2.24) is 0 Å². The predicted molar refractivity (Wildman–Crippen MR) is 71.0 cm³/mol. The van der Waals surface area contributed by atoms with E-state index in [0.29, 0.717) is 5.75 Å². The third-order valence-corrected chi connectivity index (χ3v) is 3.62. The van der Waals surface area contributed by atoms with Crippen LogP contribution >= 0.6 is 11.3 Å². The van der Waals surface area contributed by atoms with E-state index < -0.39 is 0 Å². The molecule has 17 heavy (non-hydrogen) atoms. The van der Waals surface area contributed by atoms with Gasteiger partial charge in [0.1, 0.15) is 0 Å². The maximum Gasteiger partial charge on any atom is 0.160 e. The number of thiophene rings is 1. The van der Waals surface area contributed by atoms with E-state index in [1.807, 2.05) is 6.07 Å². The van der Waals surface area contributed by atoms with Gasteiger partial charge < -0.3 is 15.2 Å². The number of methoxy groups -OCH3 is 1. The summed E-state index contributed by atoms with van der Waals surface area (Å²) in [5.41, 5.74) is 2.18. The third kappa shape index (κ3) is 2.71. The molecule has 0 saturated carbocycles. The standard InChI is InChI=1S/C13H15NO2S/c1-9-5-6-17-13(9)8-14-10-3-4-12(16-2)11(15)7-10/h3-7,14-15H,8H2,1-2H3. The van der Waals surface area contributed by atoms with Crippen molar-refractivity contribution in [2.75, 3.05) is 12.4 Å². The summed E-state index contributed by atoms with van der Waals surface area (Å²) in [5.74, 6) is 0.642. The molecule has 0 fully saturated rings. The van der Waals surface area contributed by atoms with E-state index in [9.17, 15) is 5.11 Å². The summed E-state index contributed by atoms with van der Waals surface area (Å²) in [6, 6.07) is 7.41. The van der Waals surface area contributed by atoms with Crippen LogP contribution in [0.1, 0.15) is 10.4 Å². The van der Waals surface area contributed by atoms with Gasteiger partial charge in [-0.2, -0.15) is 0 Å². The van der Waals surface area contributed by atoms with Crippen LogP contribution in [0, 0.1) is 6.92 Å². The van der Waals surface area contributed by atoms with Crippen molar-refractivity contribution in [1.29, 1.82) is 0 Å². The van der Waals surface area contributed by atoms with E-state index in [1.165, 1.54) is 17.6 Å². The Kier molecular flexibility index (Phi) is 3.54. The molecule has 2 rings (SSSR count). The molecular weight excluding hydrogens is 234 g/mol. The zero-order valence-electron chi connectivity index (χ0n) is 9.86. The van der Waals surface area contributed by atoms with Gasteiger partial charge in [0.25, 0.3) is 0 Å². The first kappa shape index (κ1) is 11.8. The highest BCUT2D eigenvalue weighted by Crippen LogP contribution is 2.29. The molecule has 0 amide bonds. The average molecular weight is 249 g/mol. The minimum absolute atomic E-state index is 0.153. The number of phenolic OH excluding ortho intramolecular Hbond substituents is 1. The van der Waals surface area contributed by atoms with Crippen LogP contribution in [0.25, 0.3) is 0 Å². The number of aromatic hydroxyl groups is 1. The molecule has 1 aromatic heterocycles. The van der Waals surface area contributed by atoms with Gasteiger partial charge in [0.2, 0.25) is 0 Å². The summed E-state index contributed by atoms with van der Waals surface area (Å²) in [6.45, 7) is 2.87. The molecule has 0 aliphatic rings. The van der Waals surface area contributed by atoms with Gasteiger partial charge in [0, 0.05) is 23.2 Å². The fraction of sp³-hybridized carbons (Fsp3) is 0.231. The lowest BCUT2D eigenvalue weighted by molar-refractivity contribution is 0.373. The summed E-state index contributed by atoms with van der Waals surface area (Å²) in [6.07, 6.45) is 0. The summed E-state index contributed by atoms with van der Waals surface area (Å²) in [4.78, 5) is 1.31. The van der Waals surface area contributed by atoms with E-state index in [-0.39, 0.29) is 5.75 Å². The van der Waals surface area contributed by atoms with Crippen LogP contribution in [-0.4, -0.2) is 12.2 Å². The Morgan fingerprint density at radius 2 is 2.18 bits per heavy atom. The zero-order valence-corrected chi connectivity index (χ0v) is 10.7. The first-order valence-electron chi connectivity index (χ1n) is 5.34. The van der Waals surface area contributed by atoms with Crippen molar-refractivity contribution < 1.29 is 9.84 Å². The average Bonchev–Trinajstić information content (AvgIpc) is 2.72. The molecule has 2 N–H and O–H groups in total. The monoisotopic (exact) mass is 249 g/mol. The first-order valence-corrected chi connectivity index (χ1v) is 6.22. The van der Waals surface area contributed by atoms with Gasteiger partial charge in [0.15, 0.2) is 11.5 Å². The molecule has 3 nitrogen and oxygen atoms in total. The quantitative estimate of drug-likeness (QED) is 0.872. The topological polar surface area (TPSA) is 41.5 Å². The normalized spacial score (nSPS) is 10.2. The molecule has 2 aromatic rings. The van der Waals surface area contributed by atoms with Crippen molar-refractivity contribution in [3.63, 3.8) is 0 Å². The Bertz CT molecular complexity index is 508. The number of anilines is 1. The molecule has 0 atom stereocenters. The van der Waals surface area contributed by atoms with Crippen LogP contribution < -0.4 is 10.1 Å². The number of nitrogens with one attached hydrogen (secondary N) is 1. The second kappa shape index (κ2) is 5.10. The second-order valence-corrected chi connectivity index (χ2v) is 4.77. The highest BCUT2D eigenvalue weighted by atomic mass is 32.1. The van der Waals surface area contributed by atoms with Gasteiger partial charge in [-0.3, -0.25) is 0 Å². The Labute approximate surface area is 105 Å². The number of hydrogen-bond donors (Lipinski definition) is 2. The van der Waals surface area contributed by atoms with Gasteiger partial charge >= 0.3 is 0 Å². The fourth-order valence-corrected chi connectivity index (χ4v) is 2.41. The number of hydrogen-bond acceptors (Lipinski definition) is 4. The molecule has 0 spiro atoms. The third-order valence-electron chi connectivity index (χ3n) is 2.60. The number of aryl methyl sites for hydroxylation is 1. The molecular formula is C13H15NO2S. The smallest absolute Gasteiger partial charge is 0.160 e. The minimum atomic E-state index is 0.153. The number of ether oxygens (including phenoxy) is 1. The van der Waals surface area contributed by atoms with E-state index >= 15 is 0 Å². The minimum Gasteiger partial charge on any atom is -0.504 e. The predicted octanol–water partition coefficient (Wildman–Crippen LogP) is 3.38. The van der Waals surface area contributed by atoms with Gasteiger partial charge in [-0.15, -0.1) is 11.3 Å². The molecule has 0 aliphatic heterocycles. The van der Waals surface area contributed by atoms with Crippen LogP contribution in [0.2, 0.25) is 0 Å². The Morgan fingerprint density at radius 1 is 1.35 bits per heavy atom. The second-order valence-electron chi connectivity index (χ2n) is 3.77. The van der Waals surface area contributed by atoms with Crippen molar-refractivity contribution in [2.45, 2.75) is 13.5 Å². The van der Waals surface area contributed by atoms with Gasteiger partial charge in [-0.05, 0) is 36.1 Å². The highest BCUT2D eigenvalue weighted by Gasteiger charge is 2.03. The molecule has 1 aromatic carbocycles. The van der Waals surface area contributed by atoms with E-state index in [2.05, 4.69) is 23.7 Å². The van der Waals surface area contributed by atoms with E-state index in [0.717, 1.165) is 12.2 Å². The molecule has 4 heteroatoms. The Balaban J connectivity index is 2.05. The van der Waals surface area contributed by atoms with Crippen LogP contribution in [0.15, 0.2) is 29.6 Å². The van der Waals surface area contributed by atoms with Crippen LogP contribution in [0.4, 0.5) is 5.69 Å². The molecule has 90 valence electrons. The maximum atomic E-state index is 9.64. The number of phenols is 1. The lowest BCUT2D eigenvalue weighted by Crippen LogP contribution is -1.98. The molecule has 1 heterocycles. The van der Waals surface area contributed by atoms with Crippen LogP contribution in [0.3, 0.4) is 0 Å². The zero-order chi connectivity index (χ0) is 12.3. The maximum absolute atomic E-state index is 9.64. The molecule has 0 radical (unpaired) electrons. The summed E-state index contributed by atoms with van der Waals surface area (Å²) < 4.78 is 4.99. The summed E-state index contributed by atoms with van der Waals surface area (Å²) in [5, 5.41) is 15.0. The van der Waals surface area contributed by atoms with Crippen molar-refractivity contribution in [2.24, 2.45) is 0 Å². The Morgan fingerprint density at radius 3 is 2.76 bits per heavy atom. The lowest BCUT2D eigenvalue weighted by Gasteiger charge is -2.08. The largest absolute Gasteiger partial charge is 0.504 e. The van der Waals surface area contributed by atoms with Crippen molar-refractivity contribution in [3.8, 4) is 11.5 Å². The molecule has 0 saturated heterocycles. The lowest BCUT2D eigenvalue weighted by atomic mass is 10.2. The molecule has 0 aliphatic carbocycles. The molecule has 0 unspecified atom stereocenters. The van der Waals surface area contributed by atoms with Crippen molar-refractivity contribution >= 4 is 17.0 Å². The van der Waals surface area contributed by atoms with Crippen molar-refractivity contribution in [3.05, 3.63) is 40.1 Å². The summed E-state index contributed by atoms with van der Waals surface area (Å²) in [7, 11) is 1.54. The summed E-state index contributed by atoms with van der Waals surface area (Å²) >= 11 is 1.73. The molecule has 0 bridgehead atoms. The number of rotatable bonds is 4. The SMILES string of the molecule is COc1ccc(NCc2sccc2C)cc1O. The Hall–Kier alpha value is -1.68. The number of benzene rings is 1. The van der Waals surface area contributed by atoms with E-state index in [4.69, 9.17) is 4.74 Å². The van der Waals surface area contributed by atoms with Crippen LogP contribution in [0.5, 0.6) is 11.5 Å². The van der Waals surface area contributed by atoms with Gasteiger partial charge in [-0.25, -0.2) is 0 Å². The van der Waals surface area contributed by atoms with Crippen LogP contribution in [-0.2, 0) is 6.54 Å². The fourth-order valence-electron chi connectivity index (χ4n) is 1.57. The first-order chi connectivity index (χ1) is 8.20. The highest BCUT2D eigenvalue weighted by molar-refractivity contribution is 7.10. The van der Waals surface area contributed by atoms with Gasteiger partial charge in [0.05, 0.1) is 7.11 Å².